The summed E-state index contributed by atoms with van der Waals surface area (Å²) < 4.78 is 0. The Kier molecular flexibility index (Phi) is 7.77. The maximum absolute atomic E-state index is 4.40. The van der Waals surface area contributed by atoms with Crippen LogP contribution in [0, 0.1) is 67.6 Å². The van der Waals surface area contributed by atoms with Gasteiger partial charge in [-0.2, -0.15) is 0 Å². The summed E-state index contributed by atoms with van der Waals surface area (Å²) in [7, 11) is 0. The second kappa shape index (κ2) is 9.74. The molecule has 0 heterocycles. The molecule has 0 saturated heterocycles. The first-order valence-corrected chi connectivity index (χ1v) is 12.6. The van der Waals surface area contributed by atoms with E-state index in [1.165, 1.54) is 64.2 Å². The molecule has 3 radical (unpaired) electrons. The Morgan fingerprint density at radius 1 is 1.07 bits per heavy atom. The molecule has 163 valence electrons. The molecule has 3 rings (SSSR count). The molecule has 0 bridgehead atoms. The summed E-state index contributed by atoms with van der Waals surface area (Å²) in [4.78, 5) is 0. The molecule has 7 atom stereocenters. The van der Waals surface area contributed by atoms with E-state index in [1.807, 2.05) is 0 Å². The SMILES string of the molecule is [CH2][C@H](C)CCC[C@H](C)C1CCC2/C(=C/C=C3C[C@@H]([CH2])C(C)[C@H]([CH2])C3)CCCC21C. The van der Waals surface area contributed by atoms with Crippen molar-refractivity contribution >= 4 is 0 Å². The fourth-order valence-electron chi connectivity index (χ4n) is 7.08. The summed E-state index contributed by atoms with van der Waals surface area (Å²) in [6.07, 6.45) is 18.4. The molecule has 0 amide bonds. The van der Waals surface area contributed by atoms with Crippen molar-refractivity contribution in [3.8, 4) is 0 Å². The smallest absolute Gasteiger partial charge is 0.0143 e. The van der Waals surface area contributed by atoms with Gasteiger partial charge in [-0.25, -0.2) is 0 Å². The molecule has 0 aromatic rings. The van der Waals surface area contributed by atoms with Crippen LogP contribution in [0.15, 0.2) is 23.3 Å². The predicted octanol–water partition coefficient (Wildman–Crippen LogP) is 8.66. The number of allylic oxidation sites excluding steroid dienone is 4. The summed E-state index contributed by atoms with van der Waals surface area (Å²) in [5, 5.41) is 0. The average molecular weight is 396 g/mol. The van der Waals surface area contributed by atoms with Gasteiger partial charge in [0.15, 0.2) is 0 Å². The Morgan fingerprint density at radius 3 is 2.41 bits per heavy atom. The van der Waals surface area contributed by atoms with Crippen LogP contribution in [-0.4, -0.2) is 0 Å². The standard InChI is InChI=1S/C29H47/c1-20(2)10-8-11-21(3)27-15-16-28-26(12-9-17-29(27,28)7)14-13-25-18-22(4)24(6)23(5)19-25/h13-14,20-24,27-28H,1,4-5,8-12,15-19H2,2-3,6-7H3/b25-13?,26-14+/t20-,21+,22-,23-,24?,27?,28?,29?/m1/s1. The second-order valence-corrected chi connectivity index (χ2v) is 11.5. The normalized spacial score (nSPS) is 40.3. The third kappa shape index (κ3) is 5.22. The van der Waals surface area contributed by atoms with Crippen molar-refractivity contribution in [2.24, 2.45) is 46.8 Å². The van der Waals surface area contributed by atoms with Crippen molar-refractivity contribution in [1.82, 2.24) is 0 Å². The van der Waals surface area contributed by atoms with E-state index in [0.29, 0.717) is 29.1 Å². The number of rotatable bonds is 6. The Labute approximate surface area is 183 Å². The fourth-order valence-corrected chi connectivity index (χ4v) is 7.08. The van der Waals surface area contributed by atoms with Gasteiger partial charge in [0.05, 0.1) is 0 Å². The minimum atomic E-state index is 0.531. The highest BCUT2D eigenvalue weighted by atomic mass is 14.5. The lowest BCUT2D eigenvalue weighted by atomic mass is 9.60. The van der Waals surface area contributed by atoms with Gasteiger partial charge in [0.2, 0.25) is 0 Å². The largest absolute Gasteiger partial charge is 0.0696 e. The molecule has 0 aliphatic heterocycles. The van der Waals surface area contributed by atoms with Crippen LogP contribution in [0.5, 0.6) is 0 Å². The summed E-state index contributed by atoms with van der Waals surface area (Å²) >= 11 is 0. The van der Waals surface area contributed by atoms with Crippen LogP contribution < -0.4 is 0 Å². The van der Waals surface area contributed by atoms with Gasteiger partial charge in [-0.05, 0) is 106 Å². The predicted molar refractivity (Wildman–Crippen MR) is 128 cm³/mol. The van der Waals surface area contributed by atoms with E-state index in [4.69, 9.17) is 0 Å². The molecule has 0 N–H and O–H groups in total. The lowest BCUT2D eigenvalue weighted by molar-refractivity contribution is 0.0930. The van der Waals surface area contributed by atoms with Crippen molar-refractivity contribution in [3.05, 3.63) is 44.1 Å². The van der Waals surface area contributed by atoms with Gasteiger partial charge in [0.1, 0.15) is 0 Å². The monoisotopic (exact) mass is 395 g/mol. The number of hydrogen-bond acceptors (Lipinski definition) is 0. The minimum Gasteiger partial charge on any atom is -0.0696 e. The second-order valence-electron chi connectivity index (χ2n) is 11.5. The molecule has 0 aromatic carbocycles. The highest BCUT2D eigenvalue weighted by Gasteiger charge is 2.50. The van der Waals surface area contributed by atoms with E-state index in [0.717, 1.165) is 17.8 Å². The van der Waals surface area contributed by atoms with E-state index in [1.54, 1.807) is 11.1 Å². The van der Waals surface area contributed by atoms with Crippen molar-refractivity contribution in [2.75, 3.05) is 0 Å². The van der Waals surface area contributed by atoms with Crippen LogP contribution in [-0.2, 0) is 0 Å². The first-order chi connectivity index (χ1) is 13.7. The van der Waals surface area contributed by atoms with Crippen LogP contribution in [0.1, 0.15) is 91.9 Å². The molecule has 3 unspecified atom stereocenters. The van der Waals surface area contributed by atoms with Crippen LogP contribution in [0.2, 0.25) is 0 Å². The first-order valence-electron chi connectivity index (χ1n) is 12.6. The topological polar surface area (TPSA) is 0 Å². The molecule has 3 fully saturated rings. The molecule has 0 nitrogen and oxygen atoms in total. The Balaban J connectivity index is 1.68. The van der Waals surface area contributed by atoms with Crippen molar-refractivity contribution in [2.45, 2.75) is 91.9 Å². The zero-order valence-electron chi connectivity index (χ0n) is 19.9. The quantitative estimate of drug-likeness (QED) is 0.422. The third-order valence-electron chi connectivity index (χ3n) is 9.15. The third-order valence-corrected chi connectivity index (χ3v) is 9.15. The van der Waals surface area contributed by atoms with Gasteiger partial charge < -0.3 is 0 Å². The molecule has 3 saturated carbocycles. The van der Waals surface area contributed by atoms with Gasteiger partial charge in [0, 0.05) is 0 Å². The maximum atomic E-state index is 4.40. The highest BCUT2D eigenvalue weighted by molar-refractivity contribution is 5.26. The molecular weight excluding hydrogens is 348 g/mol. The minimum absolute atomic E-state index is 0.531. The lowest BCUT2D eigenvalue weighted by Crippen LogP contribution is -2.36. The van der Waals surface area contributed by atoms with Crippen LogP contribution in [0.4, 0.5) is 0 Å². The van der Waals surface area contributed by atoms with Gasteiger partial charge in [-0.1, -0.05) is 77.2 Å². The molecule has 0 aromatic heterocycles. The van der Waals surface area contributed by atoms with Gasteiger partial charge in [0.25, 0.3) is 0 Å². The van der Waals surface area contributed by atoms with E-state index < -0.39 is 0 Å². The van der Waals surface area contributed by atoms with Gasteiger partial charge >= 0.3 is 0 Å². The summed E-state index contributed by atoms with van der Waals surface area (Å²) in [5.74, 6) is 4.91. The Hall–Kier alpha value is -0.520. The van der Waals surface area contributed by atoms with Crippen molar-refractivity contribution in [1.29, 1.82) is 0 Å². The molecule has 3 aliphatic rings. The summed E-state index contributed by atoms with van der Waals surface area (Å²) in [6.45, 7) is 22.7. The van der Waals surface area contributed by atoms with E-state index >= 15 is 0 Å². The molecule has 29 heavy (non-hydrogen) atoms. The van der Waals surface area contributed by atoms with Gasteiger partial charge in [-0.15, -0.1) is 0 Å². The molecule has 3 aliphatic carbocycles. The molecular formula is C29H47. The van der Waals surface area contributed by atoms with Gasteiger partial charge in [-0.3, -0.25) is 0 Å². The number of hydrogen-bond donors (Lipinski definition) is 0. The van der Waals surface area contributed by atoms with E-state index in [2.05, 4.69) is 60.6 Å². The van der Waals surface area contributed by atoms with E-state index in [-0.39, 0.29) is 0 Å². The van der Waals surface area contributed by atoms with Crippen LogP contribution >= 0.6 is 0 Å². The number of fused-ring (bicyclic) bond motifs is 1. The first kappa shape index (κ1) is 23.1. The zero-order chi connectivity index (χ0) is 21.2. The van der Waals surface area contributed by atoms with Crippen LogP contribution in [0.25, 0.3) is 0 Å². The molecule has 0 heteroatoms. The Morgan fingerprint density at radius 2 is 1.76 bits per heavy atom. The summed E-state index contributed by atoms with van der Waals surface area (Å²) in [5.41, 5.74) is 3.88. The highest BCUT2D eigenvalue weighted by Crippen LogP contribution is 2.60. The average Bonchev–Trinajstić information content (AvgIpc) is 3.01. The fraction of sp³-hybridized carbons (Fsp3) is 0.759. The van der Waals surface area contributed by atoms with E-state index in [9.17, 15) is 0 Å². The Bertz CT molecular complexity index is 579. The maximum Gasteiger partial charge on any atom is -0.0143 e. The molecule has 0 spiro atoms. The summed E-state index contributed by atoms with van der Waals surface area (Å²) in [6, 6.07) is 0. The lowest BCUT2D eigenvalue weighted by Gasteiger charge is -2.44. The van der Waals surface area contributed by atoms with Crippen molar-refractivity contribution in [3.63, 3.8) is 0 Å². The zero-order valence-corrected chi connectivity index (χ0v) is 19.9. The van der Waals surface area contributed by atoms with Crippen molar-refractivity contribution < 1.29 is 0 Å². The van der Waals surface area contributed by atoms with Crippen LogP contribution in [0.3, 0.4) is 0 Å².